The van der Waals surface area contributed by atoms with Gasteiger partial charge < -0.3 is 15.5 Å². The van der Waals surface area contributed by atoms with Crippen LogP contribution in [-0.4, -0.2) is 66.1 Å². The Labute approximate surface area is 187 Å². The molecule has 2 N–H and O–H groups in total. The van der Waals surface area contributed by atoms with E-state index in [0.717, 1.165) is 26.1 Å². The fraction of sp³-hybridized carbons (Fsp3) is 0.577. The molecule has 168 valence electrons. The molecule has 2 atom stereocenters. The number of amides is 1. The summed E-state index contributed by atoms with van der Waals surface area (Å²) in [6.45, 7) is 11.6. The number of benzene rings is 2. The molecule has 2 heterocycles. The van der Waals surface area contributed by atoms with Gasteiger partial charge in [-0.25, -0.2) is 0 Å². The van der Waals surface area contributed by atoms with Crippen molar-refractivity contribution in [2.75, 3.05) is 26.2 Å². The highest BCUT2D eigenvalue weighted by Crippen LogP contribution is 2.24. The zero-order valence-corrected chi connectivity index (χ0v) is 19.3. The summed E-state index contributed by atoms with van der Waals surface area (Å²) in [6.07, 6.45) is 3.30. The third-order valence-electron chi connectivity index (χ3n) is 6.84. The van der Waals surface area contributed by atoms with Crippen molar-refractivity contribution >= 4 is 16.7 Å². The molecule has 31 heavy (non-hydrogen) atoms. The van der Waals surface area contributed by atoms with Gasteiger partial charge in [-0.3, -0.25) is 9.69 Å². The topological polar surface area (TPSA) is 47.6 Å². The van der Waals surface area contributed by atoms with Gasteiger partial charge in [-0.2, -0.15) is 0 Å². The highest BCUT2D eigenvalue weighted by atomic mass is 16.2. The Bertz CT molecular complexity index is 875. The summed E-state index contributed by atoms with van der Waals surface area (Å²) in [5.41, 5.74) is 1.28. The van der Waals surface area contributed by atoms with Crippen LogP contribution in [0.25, 0.3) is 10.8 Å². The van der Waals surface area contributed by atoms with Gasteiger partial charge in [-0.15, -0.1) is 0 Å². The Morgan fingerprint density at radius 1 is 1.06 bits per heavy atom. The average molecular weight is 423 g/mol. The number of nitrogens with zero attached hydrogens (tertiary/aromatic N) is 2. The van der Waals surface area contributed by atoms with Crippen molar-refractivity contribution in [2.45, 2.75) is 70.7 Å². The summed E-state index contributed by atoms with van der Waals surface area (Å²) >= 11 is 0. The van der Waals surface area contributed by atoms with Crippen molar-refractivity contribution in [1.82, 2.24) is 20.4 Å². The molecule has 2 aromatic carbocycles. The molecule has 1 amide bonds. The third kappa shape index (κ3) is 5.65. The number of piperidine rings is 1. The largest absolute Gasteiger partial charge is 0.353 e. The van der Waals surface area contributed by atoms with Crippen molar-refractivity contribution in [3.8, 4) is 0 Å². The second-order valence-electron chi connectivity index (χ2n) is 9.60. The van der Waals surface area contributed by atoms with Crippen LogP contribution in [0.3, 0.4) is 0 Å². The van der Waals surface area contributed by atoms with Crippen molar-refractivity contribution in [3.05, 3.63) is 48.0 Å². The van der Waals surface area contributed by atoms with Crippen LogP contribution in [-0.2, 0) is 11.3 Å². The molecule has 5 heteroatoms. The molecule has 0 spiro atoms. The first kappa shape index (κ1) is 22.3. The molecule has 2 fully saturated rings. The maximum absolute atomic E-state index is 13.0. The first-order valence-corrected chi connectivity index (χ1v) is 12.0. The molecule has 0 aliphatic carbocycles. The van der Waals surface area contributed by atoms with E-state index in [9.17, 15) is 4.79 Å². The Morgan fingerprint density at radius 2 is 1.81 bits per heavy atom. The Balaban J connectivity index is 1.44. The number of hydrogen-bond donors (Lipinski definition) is 2. The smallest absolute Gasteiger partial charge is 0.237 e. The zero-order chi connectivity index (χ0) is 21.8. The maximum Gasteiger partial charge on any atom is 0.237 e. The number of likely N-dealkylation sites (tertiary alicyclic amines) is 2. The van der Waals surface area contributed by atoms with E-state index in [2.05, 4.69) is 69.8 Å². The number of hydrogen-bond acceptors (Lipinski definition) is 4. The van der Waals surface area contributed by atoms with Crippen molar-refractivity contribution in [2.24, 2.45) is 0 Å². The molecule has 2 aliphatic rings. The van der Waals surface area contributed by atoms with E-state index in [4.69, 9.17) is 0 Å². The second-order valence-corrected chi connectivity index (χ2v) is 9.60. The summed E-state index contributed by atoms with van der Waals surface area (Å²) in [5.74, 6) is 0.167. The van der Waals surface area contributed by atoms with Crippen molar-refractivity contribution < 1.29 is 4.79 Å². The van der Waals surface area contributed by atoms with Crippen LogP contribution in [0.5, 0.6) is 0 Å². The van der Waals surface area contributed by atoms with Crippen molar-refractivity contribution in [1.29, 1.82) is 0 Å². The van der Waals surface area contributed by atoms with Gasteiger partial charge in [-0.1, -0.05) is 43.3 Å². The fourth-order valence-electron chi connectivity index (χ4n) is 5.17. The summed E-state index contributed by atoms with van der Waals surface area (Å²) in [7, 11) is 0. The molecule has 0 aromatic heterocycles. The van der Waals surface area contributed by atoms with Gasteiger partial charge in [0.1, 0.15) is 0 Å². The Morgan fingerprint density at radius 3 is 2.52 bits per heavy atom. The van der Waals surface area contributed by atoms with E-state index in [1.165, 1.54) is 42.3 Å². The third-order valence-corrected chi connectivity index (χ3v) is 6.84. The van der Waals surface area contributed by atoms with Gasteiger partial charge in [-0.05, 0) is 75.1 Å². The molecule has 0 saturated carbocycles. The summed E-state index contributed by atoms with van der Waals surface area (Å²) in [4.78, 5) is 17.9. The van der Waals surface area contributed by atoms with E-state index in [-0.39, 0.29) is 18.0 Å². The first-order chi connectivity index (χ1) is 15.0. The van der Waals surface area contributed by atoms with Crippen molar-refractivity contribution in [3.63, 3.8) is 0 Å². The number of rotatable bonds is 7. The van der Waals surface area contributed by atoms with Crippen LogP contribution in [0.1, 0.15) is 45.6 Å². The van der Waals surface area contributed by atoms with Gasteiger partial charge >= 0.3 is 0 Å². The van der Waals surface area contributed by atoms with E-state index in [1.807, 2.05) is 13.8 Å². The summed E-state index contributed by atoms with van der Waals surface area (Å²) in [5, 5.41) is 9.58. The van der Waals surface area contributed by atoms with E-state index < -0.39 is 0 Å². The van der Waals surface area contributed by atoms with Crippen LogP contribution in [0.4, 0.5) is 0 Å². The van der Waals surface area contributed by atoms with E-state index >= 15 is 0 Å². The minimum absolute atomic E-state index is 0.0675. The predicted molar refractivity (Wildman–Crippen MR) is 128 cm³/mol. The molecular formula is C26H38N4O. The number of fused-ring (bicyclic) bond motifs is 1. The van der Waals surface area contributed by atoms with Crippen LogP contribution in [0.15, 0.2) is 42.5 Å². The molecule has 0 bridgehead atoms. The van der Waals surface area contributed by atoms with Crippen LogP contribution >= 0.6 is 0 Å². The molecule has 2 aromatic rings. The van der Waals surface area contributed by atoms with Gasteiger partial charge in [0.25, 0.3) is 0 Å². The standard InChI is InChI=1S/C26H38N4O/c1-4-29-13-11-23(12-14-29)28-24-16-25(26(31)27-19(2)3)30(18-24)17-20-9-10-21-7-5-6-8-22(21)15-20/h5-10,15,19,23-25,28H,4,11-14,16-18H2,1-3H3,(H,27,31)/t24-,25-/m0/s1. The lowest BCUT2D eigenvalue weighted by atomic mass is 10.0. The lowest BCUT2D eigenvalue weighted by Gasteiger charge is -2.33. The fourth-order valence-corrected chi connectivity index (χ4v) is 5.17. The molecular weight excluding hydrogens is 384 g/mol. The van der Waals surface area contributed by atoms with Gasteiger partial charge in [0.2, 0.25) is 5.91 Å². The van der Waals surface area contributed by atoms with Gasteiger partial charge in [0.15, 0.2) is 0 Å². The number of carbonyl (C=O) groups is 1. The minimum Gasteiger partial charge on any atom is -0.353 e. The van der Waals surface area contributed by atoms with Gasteiger partial charge in [0.05, 0.1) is 6.04 Å². The maximum atomic E-state index is 13.0. The molecule has 4 rings (SSSR count). The lowest BCUT2D eigenvalue weighted by molar-refractivity contribution is -0.126. The number of carbonyl (C=O) groups excluding carboxylic acids is 1. The minimum atomic E-state index is -0.0675. The SMILES string of the molecule is CCN1CCC(N[C@H]2C[C@@H](C(=O)NC(C)C)N(Cc3ccc4ccccc4c3)C2)CC1. The van der Waals surface area contributed by atoms with Crippen LogP contribution in [0.2, 0.25) is 0 Å². The van der Waals surface area contributed by atoms with E-state index in [1.54, 1.807) is 0 Å². The average Bonchev–Trinajstić information content (AvgIpc) is 3.16. The van der Waals surface area contributed by atoms with Crippen LogP contribution in [0, 0.1) is 0 Å². The highest BCUT2D eigenvalue weighted by Gasteiger charge is 2.37. The monoisotopic (exact) mass is 422 g/mol. The molecule has 0 unspecified atom stereocenters. The predicted octanol–water partition coefficient (Wildman–Crippen LogP) is 3.38. The Hall–Kier alpha value is -1.95. The first-order valence-electron chi connectivity index (χ1n) is 12.0. The second kappa shape index (κ2) is 10.1. The van der Waals surface area contributed by atoms with Crippen LogP contribution < -0.4 is 10.6 Å². The van der Waals surface area contributed by atoms with Gasteiger partial charge in [0, 0.05) is 31.2 Å². The molecule has 2 aliphatic heterocycles. The molecule has 2 saturated heterocycles. The normalized spacial score (nSPS) is 23.6. The molecule has 0 radical (unpaired) electrons. The molecule has 5 nitrogen and oxygen atoms in total. The Kier molecular flexibility index (Phi) is 7.26. The number of nitrogens with one attached hydrogen (secondary N) is 2. The summed E-state index contributed by atoms with van der Waals surface area (Å²) < 4.78 is 0. The van der Waals surface area contributed by atoms with E-state index in [0.29, 0.717) is 12.1 Å². The lowest BCUT2D eigenvalue weighted by Crippen LogP contribution is -2.46. The highest BCUT2D eigenvalue weighted by molar-refractivity contribution is 5.83. The zero-order valence-electron chi connectivity index (χ0n) is 19.3. The summed E-state index contributed by atoms with van der Waals surface area (Å²) in [6, 6.07) is 16.2. The quantitative estimate of drug-likeness (QED) is 0.718.